The summed E-state index contributed by atoms with van der Waals surface area (Å²) in [6, 6.07) is 0. The second kappa shape index (κ2) is 275. The molecule has 0 saturated carbocycles. The van der Waals surface area contributed by atoms with Crippen molar-refractivity contribution in [2.24, 2.45) is 4.99 Å². The van der Waals surface area contributed by atoms with Crippen LogP contribution in [-0.2, 0) is 0 Å². The molecule has 0 aromatic carbocycles. The first-order chi connectivity index (χ1) is 3.41. The Morgan fingerprint density at radius 2 is 1.00 bits per heavy atom. The van der Waals surface area contributed by atoms with Gasteiger partial charge in [-0.05, 0) is 6.72 Å². The molecular formula is C6H17N. The van der Waals surface area contributed by atoms with Gasteiger partial charge in [-0.1, -0.05) is 27.7 Å². The van der Waals surface area contributed by atoms with Crippen LogP contribution in [0.2, 0.25) is 0 Å². The third-order valence-electron chi connectivity index (χ3n) is 0. The molecule has 0 aromatic rings. The Morgan fingerprint density at radius 3 is 1.00 bits per heavy atom. The largest absolute Gasteiger partial charge is 0.304 e. The summed E-state index contributed by atoms with van der Waals surface area (Å²) in [6.45, 7) is 11.1. The lowest BCUT2D eigenvalue weighted by atomic mass is 11.0. The van der Waals surface area contributed by atoms with Gasteiger partial charge in [0.1, 0.15) is 0 Å². The quantitative estimate of drug-likeness (QED) is 0.417. The Labute approximate surface area is 47.5 Å². The van der Waals surface area contributed by atoms with E-state index in [0.717, 1.165) is 0 Å². The molecule has 0 rings (SSSR count). The molecule has 0 aromatic heterocycles. The maximum absolute atomic E-state index is 3.25. The van der Waals surface area contributed by atoms with E-state index >= 15 is 0 Å². The molecule has 0 atom stereocenters. The average molecular weight is 103 g/mol. The maximum atomic E-state index is 3.25. The van der Waals surface area contributed by atoms with Crippen LogP contribution in [0.4, 0.5) is 0 Å². The van der Waals surface area contributed by atoms with E-state index in [1.165, 1.54) is 0 Å². The van der Waals surface area contributed by atoms with Crippen LogP contribution in [0.3, 0.4) is 0 Å². The van der Waals surface area contributed by atoms with Gasteiger partial charge < -0.3 is 4.99 Å². The number of aliphatic imine (C=N–C) groups is 1. The minimum absolute atomic E-state index is 1.64. The highest BCUT2D eigenvalue weighted by molar-refractivity contribution is 5.22. The van der Waals surface area contributed by atoms with Crippen LogP contribution in [0.25, 0.3) is 0 Å². The van der Waals surface area contributed by atoms with Gasteiger partial charge in [0.2, 0.25) is 0 Å². The van der Waals surface area contributed by atoms with E-state index in [9.17, 15) is 0 Å². The van der Waals surface area contributed by atoms with E-state index in [2.05, 4.69) is 11.7 Å². The Morgan fingerprint density at radius 1 is 1.00 bits per heavy atom. The molecule has 0 heterocycles. The molecule has 0 amide bonds. The van der Waals surface area contributed by atoms with Gasteiger partial charge in [0.05, 0.1) is 0 Å². The zero-order valence-electron chi connectivity index (χ0n) is 6.15. The first kappa shape index (κ1) is 15.9. The second-order valence-electron chi connectivity index (χ2n) is 0.316. The Kier molecular flexibility index (Phi) is 627. The van der Waals surface area contributed by atoms with Crippen LogP contribution in [0.15, 0.2) is 4.99 Å². The maximum Gasteiger partial charge on any atom is 0.0269 e. The van der Waals surface area contributed by atoms with Crippen LogP contribution < -0.4 is 0 Å². The van der Waals surface area contributed by atoms with E-state index in [0.29, 0.717) is 0 Å². The van der Waals surface area contributed by atoms with Gasteiger partial charge in [-0.15, -0.1) is 0 Å². The van der Waals surface area contributed by atoms with E-state index in [1.54, 1.807) is 7.05 Å². The molecule has 0 saturated heterocycles. The van der Waals surface area contributed by atoms with Crippen molar-refractivity contribution in [1.29, 1.82) is 0 Å². The predicted molar refractivity (Wildman–Crippen MR) is 38.2 cm³/mol. The Hall–Kier alpha value is -0.330. The third kappa shape index (κ3) is 701. The summed E-state index contributed by atoms with van der Waals surface area (Å²) in [5.74, 6) is 0. The van der Waals surface area contributed by atoms with Crippen LogP contribution >= 0.6 is 0 Å². The van der Waals surface area contributed by atoms with Gasteiger partial charge in [-0.25, -0.2) is 0 Å². The van der Waals surface area contributed by atoms with E-state index < -0.39 is 0 Å². The van der Waals surface area contributed by atoms with Gasteiger partial charge in [-0.3, -0.25) is 0 Å². The minimum atomic E-state index is 1.64. The zero-order chi connectivity index (χ0) is 6.71. The number of hydrogen-bond acceptors (Lipinski definition) is 1. The summed E-state index contributed by atoms with van der Waals surface area (Å²) in [5.41, 5.74) is 0. The highest BCUT2D eigenvalue weighted by Gasteiger charge is 1.09. The van der Waals surface area contributed by atoms with Crippen molar-refractivity contribution in [2.75, 3.05) is 7.05 Å². The summed E-state index contributed by atoms with van der Waals surface area (Å²) in [6.07, 6.45) is 0. The third-order valence-corrected chi connectivity index (χ3v) is 0. The topological polar surface area (TPSA) is 12.4 Å². The van der Waals surface area contributed by atoms with Crippen molar-refractivity contribution in [3.63, 3.8) is 0 Å². The van der Waals surface area contributed by atoms with Gasteiger partial charge in [0.25, 0.3) is 0 Å². The van der Waals surface area contributed by atoms with Gasteiger partial charge in [-0.2, -0.15) is 0 Å². The van der Waals surface area contributed by atoms with E-state index in [4.69, 9.17) is 0 Å². The van der Waals surface area contributed by atoms with Gasteiger partial charge >= 0.3 is 0 Å². The van der Waals surface area contributed by atoms with Crippen molar-refractivity contribution < 1.29 is 0 Å². The van der Waals surface area contributed by atoms with Crippen molar-refractivity contribution in [3.8, 4) is 0 Å². The predicted octanol–water partition coefficient (Wildman–Crippen LogP) is 2.37. The van der Waals surface area contributed by atoms with E-state index in [-0.39, 0.29) is 0 Å². The fourth-order valence-electron chi connectivity index (χ4n) is 0. The van der Waals surface area contributed by atoms with Gasteiger partial charge in [0, 0.05) is 7.05 Å². The fourth-order valence-corrected chi connectivity index (χ4v) is 0. The average Bonchev–Trinajstić information content (AvgIpc) is 1.78. The molecule has 0 aliphatic rings. The monoisotopic (exact) mass is 103 g/mol. The molecule has 46 valence electrons. The molecule has 0 radical (unpaired) electrons. The summed E-state index contributed by atoms with van der Waals surface area (Å²) in [7, 11) is 1.64. The van der Waals surface area contributed by atoms with Crippen LogP contribution in [0.1, 0.15) is 27.7 Å². The second-order valence-corrected chi connectivity index (χ2v) is 0.316. The Bertz CT molecular complexity index is 11.7. The molecule has 0 spiro atoms. The standard InChI is InChI=1S/C2H5N.2C2H6/c1-3-2;2*1-2/h1H2,2H3;2*1-2H3. The number of nitrogens with zero attached hydrogens (tertiary/aromatic N) is 1. The Balaban J connectivity index is -0.0000000360. The highest BCUT2D eigenvalue weighted by atomic mass is 14.6. The lowest BCUT2D eigenvalue weighted by molar-refractivity contribution is 1.49. The molecule has 1 nitrogen and oxygen atoms in total. The molecule has 0 bridgehead atoms. The molecule has 0 unspecified atom stereocenters. The summed E-state index contributed by atoms with van der Waals surface area (Å²) in [4.78, 5) is 3.25. The lowest BCUT2D eigenvalue weighted by Gasteiger charge is -1.38. The number of hydrogen-bond donors (Lipinski definition) is 0. The summed E-state index contributed by atoms with van der Waals surface area (Å²) >= 11 is 0. The lowest BCUT2D eigenvalue weighted by Crippen LogP contribution is -1.26. The van der Waals surface area contributed by atoms with E-state index in [1.807, 2.05) is 27.7 Å². The fraction of sp³-hybridized carbons (Fsp3) is 0.833. The molecule has 1 heteroatoms. The normalized spacial score (nSPS) is 3.57. The minimum Gasteiger partial charge on any atom is -0.304 e. The molecule has 7 heavy (non-hydrogen) atoms. The van der Waals surface area contributed by atoms with Crippen molar-refractivity contribution in [1.82, 2.24) is 0 Å². The summed E-state index contributed by atoms with van der Waals surface area (Å²) in [5, 5.41) is 0. The summed E-state index contributed by atoms with van der Waals surface area (Å²) < 4.78 is 0. The van der Waals surface area contributed by atoms with Gasteiger partial charge in [0.15, 0.2) is 0 Å². The van der Waals surface area contributed by atoms with Crippen molar-refractivity contribution in [3.05, 3.63) is 0 Å². The molecule has 0 aliphatic carbocycles. The SMILES string of the molecule is C=NC.CC.CC. The van der Waals surface area contributed by atoms with Crippen molar-refractivity contribution in [2.45, 2.75) is 27.7 Å². The molecular weight excluding hydrogens is 86.1 g/mol. The van der Waals surface area contributed by atoms with Crippen LogP contribution in [0, 0.1) is 0 Å². The molecule has 0 fully saturated rings. The first-order valence-corrected chi connectivity index (χ1v) is 2.76. The number of rotatable bonds is 0. The van der Waals surface area contributed by atoms with Crippen LogP contribution in [0.5, 0.6) is 0 Å². The first-order valence-electron chi connectivity index (χ1n) is 2.76. The zero-order valence-corrected chi connectivity index (χ0v) is 6.15. The molecule has 0 N–H and O–H groups in total. The molecule has 0 aliphatic heterocycles. The highest BCUT2D eigenvalue weighted by Crippen LogP contribution is 1.22. The van der Waals surface area contributed by atoms with Crippen molar-refractivity contribution >= 4 is 6.72 Å². The smallest absolute Gasteiger partial charge is 0.0269 e. The van der Waals surface area contributed by atoms with Crippen LogP contribution in [-0.4, -0.2) is 13.8 Å².